The molecule has 6 heteroatoms. The highest BCUT2D eigenvalue weighted by Gasteiger charge is 2.06. The van der Waals surface area contributed by atoms with Gasteiger partial charge in [0.15, 0.2) is 5.11 Å². The molecule has 5 nitrogen and oxygen atoms in total. The smallest absolute Gasteiger partial charge is 0.336 e. The fraction of sp³-hybridized carbons (Fsp3) is 0.0833. The zero-order valence-electron chi connectivity index (χ0n) is 9.59. The molecule has 1 aromatic rings. The van der Waals surface area contributed by atoms with Gasteiger partial charge in [-0.2, -0.15) is 5.10 Å². The molecule has 0 amide bonds. The number of carboxylic acid groups (broad SMARTS) is 1. The van der Waals surface area contributed by atoms with Crippen molar-refractivity contribution in [3.63, 3.8) is 0 Å². The number of benzene rings is 1. The Hall–Kier alpha value is -2.21. The van der Waals surface area contributed by atoms with Crippen LogP contribution in [0.2, 0.25) is 0 Å². The molecule has 94 valence electrons. The number of hydrogen-bond donors (Lipinski definition) is 3. The fourth-order valence-electron chi connectivity index (χ4n) is 1.17. The van der Waals surface area contributed by atoms with Gasteiger partial charge in [0.05, 0.1) is 11.8 Å². The van der Waals surface area contributed by atoms with Crippen LogP contribution in [0.15, 0.2) is 42.0 Å². The van der Waals surface area contributed by atoms with Gasteiger partial charge in [0, 0.05) is 12.1 Å². The van der Waals surface area contributed by atoms with Crippen molar-refractivity contribution < 1.29 is 9.90 Å². The summed E-state index contributed by atoms with van der Waals surface area (Å²) >= 11 is 4.92. The predicted molar refractivity (Wildman–Crippen MR) is 74.9 cm³/mol. The zero-order chi connectivity index (χ0) is 13.4. The first-order chi connectivity index (χ1) is 8.65. The van der Waals surface area contributed by atoms with E-state index >= 15 is 0 Å². The van der Waals surface area contributed by atoms with Gasteiger partial charge in [0.1, 0.15) is 0 Å². The summed E-state index contributed by atoms with van der Waals surface area (Å²) in [6, 6.07) is 6.57. The van der Waals surface area contributed by atoms with E-state index in [9.17, 15) is 4.79 Å². The van der Waals surface area contributed by atoms with Gasteiger partial charge in [0.25, 0.3) is 0 Å². The maximum absolute atomic E-state index is 10.9. The molecule has 0 aliphatic heterocycles. The largest absolute Gasteiger partial charge is 0.478 e. The first-order valence-electron chi connectivity index (χ1n) is 5.15. The van der Waals surface area contributed by atoms with Gasteiger partial charge in [-0.15, -0.1) is 6.58 Å². The zero-order valence-corrected chi connectivity index (χ0v) is 10.4. The number of carbonyl (C=O) groups is 1. The van der Waals surface area contributed by atoms with Crippen LogP contribution in [0.4, 0.5) is 0 Å². The molecule has 1 aromatic carbocycles. The van der Waals surface area contributed by atoms with Crippen molar-refractivity contribution >= 4 is 29.5 Å². The van der Waals surface area contributed by atoms with Gasteiger partial charge in [-0.1, -0.05) is 24.3 Å². The third kappa shape index (κ3) is 4.34. The molecule has 0 heterocycles. The van der Waals surface area contributed by atoms with Gasteiger partial charge >= 0.3 is 5.97 Å². The molecule has 1 rings (SSSR count). The second kappa shape index (κ2) is 7.18. The van der Waals surface area contributed by atoms with Crippen LogP contribution < -0.4 is 10.7 Å². The maximum Gasteiger partial charge on any atom is 0.336 e. The van der Waals surface area contributed by atoms with E-state index in [1.807, 2.05) is 0 Å². The van der Waals surface area contributed by atoms with Crippen LogP contribution in [0, 0.1) is 0 Å². The van der Waals surface area contributed by atoms with Gasteiger partial charge in [0.2, 0.25) is 0 Å². The number of hydrogen-bond acceptors (Lipinski definition) is 3. The lowest BCUT2D eigenvalue weighted by atomic mass is 10.1. The summed E-state index contributed by atoms with van der Waals surface area (Å²) in [7, 11) is 0. The summed E-state index contributed by atoms with van der Waals surface area (Å²) in [6.45, 7) is 4.07. The van der Waals surface area contributed by atoms with Crippen molar-refractivity contribution in [1.82, 2.24) is 10.7 Å². The van der Waals surface area contributed by atoms with Crippen LogP contribution >= 0.6 is 12.2 Å². The van der Waals surface area contributed by atoms with Crippen LogP contribution in [0.3, 0.4) is 0 Å². The maximum atomic E-state index is 10.9. The highest BCUT2D eigenvalue weighted by Crippen LogP contribution is 2.05. The second-order valence-corrected chi connectivity index (χ2v) is 3.67. The SMILES string of the molecule is C=CCNC(=S)N/N=C/c1ccccc1C(=O)O. The molecule has 0 aliphatic rings. The molecule has 0 fully saturated rings. The van der Waals surface area contributed by atoms with Crippen molar-refractivity contribution in [1.29, 1.82) is 0 Å². The molecule has 0 unspecified atom stereocenters. The Kier molecular flexibility index (Phi) is 5.53. The van der Waals surface area contributed by atoms with Crippen LogP contribution in [0.5, 0.6) is 0 Å². The predicted octanol–water partition coefficient (Wildman–Crippen LogP) is 1.37. The van der Waals surface area contributed by atoms with Crippen LogP contribution in [-0.4, -0.2) is 28.9 Å². The lowest BCUT2D eigenvalue weighted by molar-refractivity contribution is 0.0697. The molecule has 0 aromatic heterocycles. The number of thiocarbonyl (C=S) groups is 1. The van der Waals surface area contributed by atoms with Gasteiger partial charge in [-0.05, 0) is 18.3 Å². The summed E-state index contributed by atoms with van der Waals surface area (Å²) in [6.07, 6.45) is 3.07. The van der Waals surface area contributed by atoms with Crippen molar-refractivity contribution in [3.05, 3.63) is 48.0 Å². The van der Waals surface area contributed by atoms with E-state index in [2.05, 4.69) is 22.4 Å². The number of nitrogens with zero attached hydrogens (tertiary/aromatic N) is 1. The van der Waals surface area contributed by atoms with E-state index in [1.54, 1.807) is 24.3 Å². The Labute approximate surface area is 110 Å². The van der Waals surface area contributed by atoms with Crippen molar-refractivity contribution in [3.8, 4) is 0 Å². The Bertz CT molecular complexity index is 486. The summed E-state index contributed by atoms with van der Waals surface area (Å²) in [5, 5.41) is 16.0. The Morgan fingerprint density at radius 3 is 2.89 bits per heavy atom. The Balaban J connectivity index is 2.64. The average Bonchev–Trinajstić information content (AvgIpc) is 2.36. The molecule has 0 aliphatic carbocycles. The fourth-order valence-corrected chi connectivity index (χ4v) is 1.31. The van der Waals surface area contributed by atoms with Gasteiger partial charge in [-0.3, -0.25) is 5.43 Å². The Morgan fingerprint density at radius 2 is 2.22 bits per heavy atom. The standard InChI is InChI=1S/C12H13N3O2S/c1-2-7-13-12(18)15-14-8-9-5-3-4-6-10(9)11(16)17/h2-6,8H,1,7H2,(H,16,17)(H2,13,15,18)/b14-8+. The van der Waals surface area contributed by atoms with E-state index in [4.69, 9.17) is 17.3 Å². The molecule has 0 saturated carbocycles. The minimum Gasteiger partial charge on any atom is -0.478 e. The average molecular weight is 263 g/mol. The third-order valence-electron chi connectivity index (χ3n) is 1.97. The van der Waals surface area contributed by atoms with Crippen molar-refractivity contribution in [2.45, 2.75) is 0 Å². The molecule has 0 bridgehead atoms. The van der Waals surface area contributed by atoms with E-state index in [-0.39, 0.29) is 5.56 Å². The highest BCUT2D eigenvalue weighted by atomic mass is 32.1. The van der Waals surface area contributed by atoms with E-state index in [1.165, 1.54) is 12.3 Å². The monoisotopic (exact) mass is 263 g/mol. The minimum absolute atomic E-state index is 0.188. The van der Waals surface area contributed by atoms with Crippen molar-refractivity contribution in [2.75, 3.05) is 6.54 Å². The number of nitrogens with one attached hydrogen (secondary N) is 2. The third-order valence-corrected chi connectivity index (χ3v) is 2.20. The first kappa shape index (κ1) is 13.9. The highest BCUT2D eigenvalue weighted by molar-refractivity contribution is 7.80. The molecule has 0 spiro atoms. The summed E-state index contributed by atoms with van der Waals surface area (Å²) in [5.41, 5.74) is 3.27. The minimum atomic E-state index is -0.996. The molecule has 0 saturated heterocycles. The topological polar surface area (TPSA) is 73.7 Å². The number of rotatable bonds is 5. The summed E-state index contributed by atoms with van der Waals surface area (Å²) in [5.74, 6) is -0.996. The molecule has 0 radical (unpaired) electrons. The normalized spacial score (nSPS) is 10.0. The Morgan fingerprint density at radius 1 is 1.50 bits per heavy atom. The van der Waals surface area contributed by atoms with Crippen molar-refractivity contribution in [2.24, 2.45) is 5.10 Å². The second-order valence-electron chi connectivity index (χ2n) is 3.26. The molecular weight excluding hydrogens is 250 g/mol. The first-order valence-corrected chi connectivity index (χ1v) is 5.56. The lowest BCUT2D eigenvalue weighted by Crippen LogP contribution is -2.31. The van der Waals surface area contributed by atoms with Gasteiger partial charge < -0.3 is 10.4 Å². The summed E-state index contributed by atoms with van der Waals surface area (Å²) in [4.78, 5) is 10.9. The van der Waals surface area contributed by atoms with E-state index < -0.39 is 5.97 Å². The molecule has 0 atom stereocenters. The van der Waals surface area contributed by atoms with Crippen LogP contribution in [0.25, 0.3) is 0 Å². The van der Waals surface area contributed by atoms with Crippen LogP contribution in [0.1, 0.15) is 15.9 Å². The summed E-state index contributed by atoms with van der Waals surface area (Å²) < 4.78 is 0. The molecule has 18 heavy (non-hydrogen) atoms. The number of hydrazone groups is 1. The molecule has 3 N–H and O–H groups in total. The van der Waals surface area contributed by atoms with E-state index in [0.29, 0.717) is 17.2 Å². The van der Waals surface area contributed by atoms with Gasteiger partial charge in [-0.25, -0.2) is 4.79 Å². The van der Waals surface area contributed by atoms with Crippen LogP contribution in [-0.2, 0) is 0 Å². The number of aromatic carboxylic acids is 1. The van der Waals surface area contributed by atoms with E-state index in [0.717, 1.165) is 0 Å². The number of carboxylic acids is 1. The quantitative estimate of drug-likeness (QED) is 0.324. The lowest BCUT2D eigenvalue weighted by Gasteiger charge is -2.03. The molecular formula is C12H13N3O2S.